The summed E-state index contributed by atoms with van der Waals surface area (Å²) in [6, 6.07) is 4.67. The molecule has 0 aromatic heterocycles. The number of benzene rings is 1. The number of rotatable bonds is 0. The van der Waals surface area contributed by atoms with Gasteiger partial charge in [-0.1, -0.05) is 12.1 Å². The molecule has 1 heterocycles. The van der Waals surface area contributed by atoms with Crippen molar-refractivity contribution >= 4 is 11.6 Å². The van der Waals surface area contributed by atoms with Crippen LogP contribution in [0.1, 0.15) is 5.56 Å². The Labute approximate surface area is 78.7 Å². The van der Waals surface area contributed by atoms with Crippen molar-refractivity contribution in [2.75, 3.05) is 5.32 Å². The van der Waals surface area contributed by atoms with E-state index in [1.807, 2.05) is 0 Å². The summed E-state index contributed by atoms with van der Waals surface area (Å²) < 4.78 is 29.8. The van der Waals surface area contributed by atoms with Crippen LogP contribution in [0.3, 0.4) is 0 Å². The summed E-state index contributed by atoms with van der Waals surface area (Å²) in [6.45, 7) is 1.70. The van der Waals surface area contributed by atoms with E-state index in [2.05, 4.69) is 10.1 Å². The lowest BCUT2D eigenvalue weighted by molar-refractivity contribution is -0.189. The van der Waals surface area contributed by atoms with Gasteiger partial charge in [0.25, 0.3) is 0 Å². The second-order valence-corrected chi connectivity index (χ2v) is 3.02. The van der Waals surface area contributed by atoms with Crippen molar-refractivity contribution in [2.24, 2.45) is 0 Å². The molecule has 0 unspecified atom stereocenters. The Morgan fingerprint density at radius 1 is 1.43 bits per heavy atom. The number of hydrogen-bond acceptors (Lipinski definition) is 2. The Hall–Kier alpha value is -1.65. The predicted octanol–water partition coefficient (Wildman–Crippen LogP) is 1.92. The molecule has 0 bridgehead atoms. The molecule has 0 spiro atoms. The number of carbonyl (C=O) groups is 1. The molecule has 2 rings (SSSR count). The number of ether oxygens (including phenoxy) is 1. The summed E-state index contributed by atoms with van der Waals surface area (Å²) in [6.07, 6.45) is -3.78. The van der Waals surface area contributed by atoms with Crippen LogP contribution in [0.4, 0.5) is 14.5 Å². The number of amides is 1. The maximum atomic E-state index is 12.8. The van der Waals surface area contributed by atoms with Gasteiger partial charge in [0.2, 0.25) is 0 Å². The predicted molar refractivity (Wildman–Crippen MR) is 45.4 cm³/mol. The molecule has 0 saturated carbocycles. The van der Waals surface area contributed by atoms with E-state index in [4.69, 9.17) is 0 Å². The van der Waals surface area contributed by atoms with Crippen LogP contribution in [0.25, 0.3) is 0 Å². The zero-order valence-corrected chi connectivity index (χ0v) is 7.30. The van der Waals surface area contributed by atoms with Crippen molar-refractivity contribution in [3.8, 4) is 5.75 Å². The van der Waals surface area contributed by atoms with Gasteiger partial charge in [0, 0.05) is 0 Å². The number of aryl methyl sites for hydroxylation is 1. The van der Waals surface area contributed by atoms with E-state index in [9.17, 15) is 13.6 Å². The number of carbonyl (C=O) groups excluding carboxylic acids is 1. The molecule has 0 saturated heterocycles. The average molecular weight is 199 g/mol. The van der Waals surface area contributed by atoms with Crippen LogP contribution < -0.4 is 10.1 Å². The van der Waals surface area contributed by atoms with Crippen molar-refractivity contribution in [3.05, 3.63) is 23.8 Å². The first-order valence-corrected chi connectivity index (χ1v) is 3.98. The summed E-state index contributed by atoms with van der Waals surface area (Å²) in [5.41, 5.74) is 0.995. The molecule has 0 aliphatic carbocycles. The molecule has 1 aromatic carbocycles. The molecule has 14 heavy (non-hydrogen) atoms. The summed E-state index contributed by atoms with van der Waals surface area (Å²) in [5.74, 6) is -1.44. The highest BCUT2D eigenvalue weighted by atomic mass is 19.3. The van der Waals surface area contributed by atoms with Crippen molar-refractivity contribution in [1.82, 2.24) is 0 Å². The molecule has 1 aliphatic rings. The summed E-state index contributed by atoms with van der Waals surface area (Å²) in [5, 5.41) is 2.10. The summed E-state index contributed by atoms with van der Waals surface area (Å²) in [4.78, 5) is 10.8. The van der Waals surface area contributed by atoms with Gasteiger partial charge in [0.1, 0.15) is 0 Å². The summed E-state index contributed by atoms with van der Waals surface area (Å²) >= 11 is 0. The van der Waals surface area contributed by atoms with E-state index < -0.39 is 12.0 Å². The van der Waals surface area contributed by atoms with Crippen molar-refractivity contribution < 1.29 is 18.3 Å². The van der Waals surface area contributed by atoms with E-state index in [1.165, 1.54) is 6.07 Å². The fraction of sp³-hybridized carbons (Fsp3) is 0.222. The van der Waals surface area contributed by atoms with E-state index in [0.29, 0.717) is 11.3 Å². The lowest BCUT2D eigenvalue weighted by Crippen LogP contribution is -2.43. The molecule has 1 aromatic rings. The topological polar surface area (TPSA) is 38.3 Å². The number of alkyl halides is 2. The number of para-hydroxylation sites is 1. The molecule has 1 aliphatic heterocycles. The Balaban J connectivity index is 2.51. The molecule has 5 heteroatoms. The Morgan fingerprint density at radius 2 is 2.14 bits per heavy atom. The standard InChI is InChI=1S/C9H7F2NO2/c1-5-3-2-4-6-7(5)12-8(13)9(10,11)14-6/h2-4H,1H3,(H,12,13). The zero-order valence-electron chi connectivity index (χ0n) is 7.30. The van der Waals surface area contributed by atoms with Crippen molar-refractivity contribution in [2.45, 2.75) is 13.0 Å². The lowest BCUT2D eigenvalue weighted by atomic mass is 10.1. The van der Waals surface area contributed by atoms with E-state index in [1.54, 1.807) is 19.1 Å². The van der Waals surface area contributed by atoms with E-state index in [0.717, 1.165) is 0 Å². The van der Waals surface area contributed by atoms with Crippen LogP contribution in [0.2, 0.25) is 0 Å². The van der Waals surface area contributed by atoms with E-state index >= 15 is 0 Å². The fourth-order valence-corrected chi connectivity index (χ4v) is 1.26. The lowest BCUT2D eigenvalue weighted by Gasteiger charge is -2.25. The minimum Gasteiger partial charge on any atom is -0.423 e. The Kier molecular flexibility index (Phi) is 1.70. The van der Waals surface area contributed by atoms with Crippen LogP contribution in [-0.2, 0) is 4.79 Å². The number of anilines is 1. The fourth-order valence-electron chi connectivity index (χ4n) is 1.26. The first-order valence-electron chi connectivity index (χ1n) is 3.98. The largest absolute Gasteiger partial charge is 0.482 e. The molecular formula is C9H7F2NO2. The third-order valence-electron chi connectivity index (χ3n) is 1.98. The number of halogens is 2. The minimum absolute atomic E-state index is 0.00500. The van der Waals surface area contributed by atoms with Crippen LogP contribution >= 0.6 is 0 Å². The SMILES string of the molecule is Cc1cccc2c1NC(=O)C(F)(F)O2. The third kappa shape index (κ3) is 1.21. The number of nitrogens with one attached hydrogen (secondary N) is 1. The monoisotopic (exact) mass is 199 g/mol. The molecule has 0 fully saturated rings. The van der Waals surface area contributed by atoms with Gasteiger partial charge < -0.3 is 10.1 Å². The van der Waals surface area contributed by atoms with Gasteiger partial charge in [-0.15, -0.1) is 0 Å². The highest BCUT2D eigenvalue weighted by Crippen LogP contribution is 2.36. The number of hydrogen-bond donors (Lipinski definition) is 1. The maximum absolute atomic E-state index is 12.8. The zero-order chi connectivity index (χ0) is 10.3. The maximum Gasteiger partial charge on any atom is 0.482 e. The van der Waals surface area contributed by atoms with Gasteiger partial charge in [0.15, 0.2) is 5.75 Å². The smallest absolute Gasteiger partial charge is 0.423 e. The molecule has 3 nitrogen and oxygen atoms in total. The number of fused-ring (bicyclic) bond motifs is 1. The quantitative estimate of drug-likeness (QED) is 0.693. The molecular weight excluding hydrogens is 192 g/mol. The minimum atomic E-state index is -3.78. The first kappa shape index (κ1) is 8.93. The first-order chi connectivity index (χ1) is 6.50. The summed E-state index contributed by atoms with van der Waals surface area (Å²) in [7, 11) is 0. The second-order valence-electron chi connectivity index (χ2n) is 3.02. The van der Waals surface area contributed by atoms with Gasteiger partial charge in [0.05, 0.1) is 5.69 Å². The molecule has 0 radical (unpaired) electrons. The van der Waals surface area contributed by atoms with Crippen LogP contribution in [0.5, 0.6) is 5.75 Å². The van der Waals surface area contributed by atoms with Gasteiger partial charge in [-0.25, -0.2) is 0 Å². The Bertz CT molecular complexity index is 404. The molecule has 1 N–H and O–H groups in total. The molecule has 0 atom stereocenters. The second kappa shape index (κ2) is 2.67. The van der Waals surface area contributed by atoms with Crippen molar-refractivity contribution in [3.63, 3.8) is 0 Å². The van der Waals surface area contributed by atoms with Crippen LogP contribution in [0, 0.1) is 6.92 Å². The van der Waals surface area contributed by atoms with E-state index in [-0.39, 0.29) is 5.75 Å². The van der Waals surface area contributed by atoms with Crippen LogP contribution in [0.15, 0.2) is 18.2 Å². The van der Waals surface area contributed by atoms with Crippen LogP contribution in [-0.4, -0.2) is 12.0 Å². The molecule has 1 amide bonds. The van der Waals surface area contributed by atoms with Gasteiger partial charge >= 0.3 is 12.0 Å². The third-order valence-corrected chi connectivity index (χ3v) is 1.98. The molecule has 74 valence electrons. The highest BCUT2D eigenvalue weighted by Gasteiger charge is 2.46. The van der Waals surface area contributed by atoms with Crippen molar-refractivity contribution in [1.29, 1.82) is 0 Å². The Morgan fingerprint density at radius 3 is 2.86 bits per heavy atom. The van der Waals surface area contributed by atoms with Gasteiger partial charge in [-0.05, 0) is 18.6 Å². The van der Waals surface area contributed by atoms with Gasteiger partial charge in [-0.2, -0.15) is 8.78 Å². The normalized spacial score (nSPS) is 18.1. The average Bonchev–Trinajstić information content (AvgIpc) is 2.08. The highest BCUT2D eigenvalue weighted by molar-refractivity contribution is 5.99. The van der Waals surface area contributed by atoms with Gasteiger partial charge in [-0.3, -0.25) is 4.79 Å².